The Morgan fingerprint density at radius 3 is 2.62 bits per heavy atom. The van der Waals surface area contributed by atoms with Gasteiger partial charge in [0.25, 0.3) is 6.01 Å². The molecule has 0 amide bonds. The Bertz CT molecular complexity index is 287. The molecule has 1 fully saturated rings. The molecule has 0 atom stereocenters. The second-order valence-corrected chi connectivity index (χ2v) is 4.18. The van der Waals surface area contributed by atoms with Crippen molar-refractivity contribution in [2.45, 2.75) is 44.4 Å². The van der Waals surface area contributed by atoms with Crippen molar-refractivity contribution in [3.63, 3.8) is 0 Å². The number of nitrogens with two attached hydrogens (primary N) is 1. The van der Waals surface area contributed by atoms with E-state index in [0.29, 0.717) is 6.01 Å². The van der Waals surface area contributed by atoms with Gasteiger partial charge in [0, 0.05) is 5.41 Å². The molecule has 13 heavy (non-hydrogen) atoms. The molecule has 72 valence electrons. The molecular weight excluding hydrogens is 164 g/mol. The number of anilines is 1. The average Bonchev–Trinajstić information content (AvgIpc) is 2.54. The number of nitrogen functional groups attached to an aromatic ring is 1. The first kappa shape index (κ1) is 8.60. The molecule has 1 aromatic heterocycles. The molecule has 1 aromatic rings. The Morgan fingerprint density at radius 2 is 2.08 bits per heavy atom. The van der Waals surface area contributed by atoms with Crippen LogP contribution in [-0.4, -0.2) is 4.98 Å². The van der Waals surface area contributed by atoms with E-state index in [4.69, 9.17) is 10.2 Å². The van der Waals surface area contributed by atoms with E-state index >= 15 is 0 Å². The molecule has 0 unspecified atom stereocenters. The number of hydrogen-bond donors (Lipinski definition) is 1. The Balaban J connectivity index is 2.22. The minimum Gasteiger partial charge on any atom is -0.428 e. The summed E-state index contributed by atoms with van der Waals surface area (Å²) < 4.78 is 5.39. The van der Waals surface area contributed by atoms with Crippen molar-refractivity contribution in [1.29, 1.82) is 0 Å². The lowest BCUT2D eigenvalue weighted by molar-refractivity contribution is 0.270. The molecule has 0 aromatic carbocycles. The minimum absolute atomic E-state index is 0.183. The molecule has 1 saturated carbocycles. The number of hydrogen-bond acceptors (Lipinski definition) is 3. The average molecular weight is 180 g/mol. The van der Waals surface area contributed by atoms with Gasteiger partial charge in [-0.3, -0.25) is 0 Å². The monoisotopic (exact) mass is 180 g/mol. The van der Waals surface area contributed by atoms with Crippen LogP contribution in [0.25, 0.3) is 0 Å². The minimum atomic E-state index is 0.183. The summed E-state index contributed by atoms with van der Waals surface area (Å²) in [4.78, 5) is 3.95. The molecule has 3 heteroatoms. The second kappa shape index (κ2) is 3.05. The Labute approximate surface area is 78.3 Å². The number of oxazole rings is 1. The van der Waals surface area contributed by atoms with Crippen LogP contribution in [0.4, 0.5) is 6.01 Å². The van der Waals surface area contributed by atoms with Crippen molar-refractivity contribution in [3.05, 3.63) is 12.0 Å². The van der Waals surface area contributed by atoms with Crippen LogP contribution < -0.4 is 5.73 Å². The van der Waals surface area contributed by atoms with Crippen LogP contribution in [0.5, 0.6) is 0 Å². The highest BCUT2D eigenvalue weighted by molar-refractivity contribution is 5.18. The standard InChI is InChI=1S/C10H16N2O/c1-10(5-3-2-4-6-10)8-7-12-9(11)13-8/h7H,2-6H2,1H3,(H2,11,12). The molecule has 0 spiro atoms. The number of rotatable bonds is 1. The highest BCUT2D eigenvalue weighted by atomic mass is 16.4. The van der Waals surface area contributed by atoms with Crippen LogP contribution >= 0.6 is 0 Å². The summed E-state index contributed by atoms with van der Waals surface area (Å²) in [5.41, 5.74) is 5.65. The summed E-state index contributed by atoms with van der Waals surface area (Å²) in [6, 6.07) is 0.293. The van der Waals surface area contributed by atoms with Crippen LogP contribution in [-0.2, 0) is 5.41 Å². The van der Waals surface area contributed by atoms with E-state index in [0.717, 1.165) is 5.76 Å². The van der Waals surface area contributed by atoms with Crippen molar-refractivity contribution in [2.75, 3.05) is 5.73 Å². The zero-order valence-electron chi connectivity index (χ0n) is 8.05. The lowest BCUT2D eigenvalue weighted by atomic mass is 9.74. The second-order valence-electron chi connectivity index (χ2n) is 4.18. The van der Waals surface area contributed by atoms with Crippen molar-refractivity contribution in [3.8, 4) is 0 Å². The maximum absolute atomic E-state index is 5.47. The van der Waals surface area contributed by atoms with Crippen LogP contribution in [0.1, 0.15) is 44.8 Å². The molecular formula is C10H16N2O. The predicted molar refractivity (Wildman–Crippen MR) is 51.4 cm³/mol. The highest BCUT2D eigenvalue weighted by Gasteiger charge is 2.32. The zero-order valence-corrected chi connectivity index (χ0v) is 8.05. The van der Waals surface area contributed by atoms with Gasteiger partial charge >= 0.3 is 0 Å². The summed E-state index contributed by atoms with van der Waals surface area (Å²) in [6.45, 7) is 2.24. The highest BCUT2D eigenvalue weighted by Crippen LogP contribution is 2.39. The van der Waals surface area contributed by atoms with Crippen molar-refractivity contribution in [1.82, 2.24) is 4.98 Å². The van der Waals surface area contributed by atoms with Gasteiger partial charge in [0.2, 0.25) is 0 Å². The van der Waals surface area contributed by atoms with E-state index in [-0.39, 0.29) is 5.41 Å². The van der Waals surface area contributed by atoms with Gasteiger partial charge in [-0.2, -0.15) is 0 Å². The van der Waals surface area contributed by atoms with E-state index in [1.165, 1.54) is 32.1 Å². The smallest absolute Gasteiger partial charge is 0.292 e. The van der Waals surface area contributed by atoms with Crippen molar-refractivity contribution >= 4 is 6.01 Å². The number of nitrogens with zero attached hydrogens (tertiary/aromatic N) is 1. The lowest BCUT2D eigenvalue weighted by Gasteiger charge is -2.30. The third kappa shape index (κ3) is 1.55. The third-order valence-corrected chi connectivity index (χ3v) is 3.08. The Morgan fingerprint density at radius 1 is 1.38 bits per heavy atom. The summed E-state index contributed by atoms with van der Waals surface area (Å²) in [6.07, 6.45) is 8.09. The van der Waals surface area contributed by atoms with Gasteiger partial charge < -0.3 is 10.2 Å². The molecule has 2 N–H and O–H groups in total. The molecule has 1 aliphatic rings. The molecule has 1 heterocycles. The van der Waals surface area contributed by atoms with E-state index in [1.807, 2.05) is 0 Å². The van der Waals surface area contributed by atoms with E-state index < -0.39 is 0 Å². The van der Waals surface area contributed by atoms with Crippen LogP contribution in [0.3, 0.4) is 0 Å². The van der Waals surface area contributed by atoms with Gasteiger partial charge in [-0.1, -0.05) is 26.2 Å². The molecule has 3 nitrogen and oxygen atoms in total. The first-order chi connectivity index (χ1) is 6.21. The fraction of sp³-hybridized carbons (Fsp3) is 0.700. The molecule has 2 rings (SSSR count). The van der Waals surface area contributed by atoms with E-state index in [2.05, 4.69) is 11.9 Å². The number of aromatic nitrogens is 1. The van der Waals surface area contributed by atoms with Crippen molar-refractivity contribution in [2.24, 2.45) is 0 Å². The van der Waals surface area contributed by atoms with Gasteiger partial charge in [-0.05, 0) is 12.8 Å². The van der Waals surface area contributed by atoms with Crippen LogP contribution in [0.15, 0.2) is 10.6 Å². The quantitative estimate of drug-likeness (QED) is 0.722. The first-order valence-corrected chi connectivity index (χ1v) is 4.92. The van der Waals surface area contributed by atoms with Gasteiger partial charge in [0.05, 0.1) is 6.20 Å². The topological polar surface area (TPSA) is 52.0 Å². The Kier molecular flexibility index (Phi) is 2.02. The fourth-order valence-electron chi connectivity index (χ4n) is 2.15. The third-order valence-electron chi connectivity index (χ3n) is 3.08. The summed E-state index contributed by atoms with van der Waals surface area (Å²) in [7, 11) is 0. The van der Waals surface area contributed by atoms with Gasteiger partial charge in [-0.15, -0.1) is 0 Å². The molecule has 0 radical (unpaired) electrons. The van der Waals surface area contributed by atoms with E-state index in [9.17, 15) is 0 Å². The van der Waals surface area contributed by atoms with Gasteiger partial charge in [0.15, 0.2) is 0 Å². The van der Waals surface area contributed by atoms with Crippen molar-refractivity contribution < 1.29 is 4.42 Å². The molecule has 1 aliphatic carbocycles. The van der Waals surface area contributed by atoms with E-state index in [1.54, 1.807) is 6.20 Å². The molecule has 0 bridgehead atoms. The summed E-state index contributed by atoms with van der Waals surface area (Å²) in [5, 5.41) is 0. The molecule has 0 saturated heterocycles. The SMILES string of the molecule is CC1(c2cnc(N)o2)CCCCC1. The van der Waals surface area contributed by atoms with Gasteiger partial charge in [-0.25, -0.2) is 4.98 Å². The maximum atomic E-state index is 5.47. The van der Waals surface area contributed by atoms with Crippen LogP contribution in [0, 0.1) is 0 Å². The fourth-order valence-corrected chi connectivity index (χ4v) is 2.15. The van der Waals surface area contributed by atoms with Crippen LogP contribution in [0.2, 0.25) is 0 Å². The normalized spacial score (nSPS) is 21.6. The largest absolute Gasteiger partial charge is 0.428 e. The summed E-state index contributed by atoms with van der Waals surface area (Å²) >= 11 is 0. The van der Waals surface area contributed by atoms with Gasteiger partial charge in [0.1, 0.15) is 5.76 Å². The summed E-state index contributed by atoms with van der Waals surface area (Å²) in [5.74, 6) is 0.963. The maximum Gasteiger partial charge on any atom is 0.292 e. The first-order valence-electron chi connectivity index (χ1n) is 4.92. The zero-order chi connectivity index (χ0) is 9.31. The predicted octanol–water partition coefficient (Wildman–Crippen LogP) is 2.48. The lowest BCUT2D eigenvalue weighted by Crippen LogP contribution is -2.24. The Hall–Kier alpha value is -0.990. The molecule has 0 aliphatic heterocycles.